The maximum atomic E-state index is 12.8. The molecule has 5 fully saturated rings. The zero-order chi connectivity index (χ0) is 56.1. The maximum absolute atomic E-state index is 12.8. The molecule has 0 spiro atoms. The van der Waals surface area contributed by atoms with Crippen LogP contribution >= 0.6 is 0 Å². The van der Waals surface area contributed by atoms with E-state index in [0.29, 0.717) is 45.6 Å². The number of unbranched alkanes of at least 4 members (excludes halogenated alkanes) is 1. The summed E-state index contributed by atoms with van der Waals surface area (Å²) < 4.78 is 100. The molecule has 75 heavy (non-hydrogen) atoms. The van der Waals surface area contributed by atoms with Crippen LogP contribution in [0.1, 0.15) is 63.7 Å². The Labute approximate surface area is 434 Å². The number of nitrogens with one attached hydrogen (secondary N) is 3. The third kappa shape index (κ3) is 20.4. The number of hydrogen-bond donors (Lipinski definition) is 14. The molecule has 0 aliphatic carbocycles. The van der Waals surface area contributed by atoms with Gasteiger partial charge in [-0.3, -0.25) is 4.90 Å². The minimum Gasteiger partial charge on any atom is -0.390 e. The van der Waals surface area contributed by atoms with Crippen molar-refractivity contribution in [2.45, 2.75) is 158 Å². The quantitative estimate of drug-likeness (QED) is 0.127. The number of likely N-dealkylation sites (tertiary alicyclic amines) is 2. The van der Waals surface area contributed by atoms with Crippen LogP contribution < -0.4 is 16.0 Å². The Morgan fingerprint density at radius 3 is 1.32 bits per heavy atom. The highest BCUT2D eigenvalue weighted by Crippen LogP contribution is 2.30. The molecule has 2 aromatic rings. The van der Waals surface area contributed by atoms with E-state index < -0.39 is 129 Å². The van der Waals surface area contributed by atoms with E-state index in [-0.39, 0.29) is 38.6 Å². The van der Waals surface area contributed by atoms with Crippen LogP contribution in [-0.2, 0) is 6.54 Å². The summed E-state index contributed by atoms with van der Waals surface area (Å²) in [4.78, 5) is 3.56. The fourth-order valence-electron chi connectivity index (χ4n) is 9.92. The normalized spacial score (nSPS) is 35.0. The zero-order valence-electron chi connectivity index (χ0n) is 42.7. The van der Waals surface area contributed by atoms with Crippen LogP contribution in [0.25, 0.3) is 0 Å². The van der Waals surface area contributed by atoms with Gasteiger partial charge in [-0.15, -0.1) is 0 Å². The van der Waals surface area contributed by atoms with Gasteiger partial charge in [0.15, 0.2) is 0 Å². The number of rotatable bonds is 13. The van der Waals surface area contributed by atoms with Gasteiger partial charge in [-0.2, -0.15) is 0 Å². The summed E-state index contributed by atoms with van der Waals surface area (Å²) in [7, 11) is 0. The average molecular weight is 1090 g/mol. The lowest BCUT2D eigenvalue weighted by atomic mass is 9.85. The van der Waals surface area contributed by atoms with E-state index in [1.165, 1.54) is 0 Å². The number of aliphatic hydroxyl groups excluding tert-OH is 11. The predicted octanol–water partition coefficient (Wildman–Crippen LogP) is 1.41. The molecule has 0 radical (unpaired) electrons. The Morgan fingerprint density at radius 2 is 0.893 bits per heavy atom. The second kappa shape index (κ2) is 33.6. The molecule has 0 aromatic heterocycles. The third-order valence-corrected chi connectivity index (χ3v) is 14.5. The zero-order valence-corrected chi connectivity index (χ0v) is 42.7. The molecule has 14 N–H and O–H groups in total. The van der Waals surface area contributed by atoms with Crippen molar-refractivity contribution in [3.8, 4) is 0 Å². The molecule has 7 rings (SSSR count). The highest BCUT2D eigenvalue weighted by Gasteiger charge is 2.44. The SMILES string of the molecule is CCCCN1C[C@@H](O)[C@H](O)[C@@H](C(F)F)C1.CC[C@@H]1NC[C@@H](O)[C@H](O)[C@H]1C(F)F.CC[C@H]1NC[C@@H](O)[C@H](O)[C@H]1C(F)F.OC(c1ccccc1)[C@H]1CNC[C@@H](O)[C@@H]1O.O[C@H]1[C@H](O)CN(Cc2ccccc2)C[C@@H]1C(F)F. The Balaban J connectivity index is 0.000000248. The molecule has 0 saturated carbocycles. The summed E-state index contributed by atoms with van der Waals surface area (Å²) in [5.41, 5.74) is 1.77. The second-order valence-electron chi connectivity index (χ2n) is 19.9. The monoisotopic (exact) mass is 1090 g/mol. The number of benzene rings is 2. The average Bonchev–Trinajstić information content (AvgIpc) is 3.38. The number of alkyl halides is 8. The van der Waals surface area contributed by atoms with Gasteiger partial charge in [-0.1, -0.05) is 87.9 Å². The van der Waals surface area contributed by atoms with Crippen LogP contribution in [0.2, 0.25) is 0 Å². The number of nitrogens with zero attached hydrogens (tertiary/aromatic N) is 2. The second-order valence-corrected chi connectivity index (χ2v) is 19.9. The largest absolute Gasteiger partial charge is 0.390 e. The predicted molar refractivity (Wildman–Crippen MR) is 263 cm³/mol. The summed E-state index contributed by atoms with van der Waals surface area (Å²) in [5.74, 6) is -4.99. The van der Waals surface area contributed by atoms with Gasteiger partial charge in [0.25, 0.3) is 0 Å². The smallest absolute Gasteiger partial charge is 0.245 e. The molecule has 434 valence electrons. The Kier molecular flexibility index (Phi) is 29.8. The molecule has 24 heteroatoms. The van der Waals surface area contributed by atoms with Crippen molar-refractivity contribution >= 4 is 0 Å². The molecule has 5 aliphatic rings. The van der Waals surface area contributed by atoms with Crippen LogP contribution in [0.3, 0.4) is 0 Å². The first-order chi connectivity index (χ1) is 35.5. The van der Waals surface area contributed by atoms with Gasteiger partial charge in [0, 0.05) is 76.9 Å². The van der Waals surface area contributed by atoms with Crippen molar-refractivity contribution in [1.29, 1.82) is 0 Å². The highest BCUT2D eigenvalue weighted by molar-refractivity contribution is 5.19. The van der Waals surface area contributed by atoms with E-state index in [1.54, 1.807) is 23.6 Å². The van der Waals surface area contributed by atoms with Crippen molar-refractivity contribution < 1.29 is 91.3 Å². The first-order valence-electron chi connectivity index (χ1n) is 25.8. The lowest BCUT2D eigenvalue weighted by Gasteiger charge is -2.38. The molecule has 5 saturated heterocycles. The van der Waals surface area contributed by atoms with Gasteiger partial charge in [0.05, 0.1) is 90.8 Å². The van der Waals surface area contributed by atoms with Gasteiger partial charge >= 0.3 is 0 Å². The van der Waals surface area contributed by atoms with Crippen molar-refractivity contribution in [3.05, 3.63) is 71.8 Å². The van der Waals surface area contributed by atoms with Gasteiger partial charge in [-0.05, 0) is 36.9 Å². The fraction of sp³-hybridized carbons (Fsp3) is 0.765. The number of piperidine rings is 5. The third-order valence-electron chi connectivity index (χ3n) is 14.5. The summed E-state index contributed by atoms with van der Waals surface area (Å²) in [6, 6.07) is 17.9. The molecule has 2 aromatic carbocycles. The Morgan fingerprint density at radius 1 is 0.480 bits per heavy atom. The minimum absolute atomic E-state index is 0.102. The van der Waals surface area contributed by atoms with Crippen molar-refractivity contribution in [2.24, 2.45) is 29.6 Å². The lowest BCUT2D eigenvalue weighted by Crippen LogP contribution is -2.58. The molecule has 16 nitrogen and oxygen atoms in total. The van der Waals surface area contributed by atoms with E-state index in [0.717, 1.165) is 24.0 Å². The van der Waals surface area contributed by atoms with E-state index in [1.807, 2.05) is 67.6 Å². The molecule has 0 amide bonds. The highest BCUT2D eigenvalue weighted by atomic mass is 19.3. The topological polar surface area (TPSA) is 265 Å². The van der Waals surface area contributed by atoms with Crippen molar-refractivity contribution in [2.75, 3.05) is 58.9 Å². The number of aliphatic hydroxyl groups is 11. The Bertz CT molecular complexity index is 1770. The maximum Gasteiger partial charge on any atom is 0.245 e. The van der Waals surface area contributed by atoms with E-state index in [2.05, 4.69) is 16.0 Å². The van der Waals surface area contributed by atoms with E-state index in [9.17, 15) is 81.1 Å². The van der Waals surface area contributed by atoms with Gasteiger partial charge in [-0.25, -0.2) is 35.1 Å². The van der Waals surface area contributed by atoms with Crippen LogP contribution in [0, 0.1) is 29.6 Å². The summed E-state index contributed by atoms with van der Waals surface area (Å²) >= 11 is 0. The molecular weight excluding hydrogens is 1010 g/mol. The van der Waals surface area contributed by atoms with Crippen LogP contribution in [0.4, 0.5) is 35.1 Å². The molecule has 5 aliphatic heterocycles. The molecule has 5 heterocycles. The van der Waals surface area contributed by atoms with E-state index >= 15 is 0 Å². The number of halogens is 8. The first-order valence-corrected chi connectivity index (χ1v) is 25.8. The van der Waals surface area contributed by atoms with E-state index in [4.69, 9.17) is 10.2 Å². The lowest BCUT2D eigenvalue weighted by molar-refractivity contribution is -0.118. The van der Waals surface area contributed by atoms with Crippen molar-refractivity contribution in [3.63, 3.8) is 0 Å². The van der Waals surface area contributed by atoms with Gasteiger partial charge in [0.2, 0.25) is 25.7 Å². The van der Waals surface area contributed by atoms with Crippen LogP contribution in [-0.4, -0.2) is 224 Å². The van der Waals surface area contributed by atoms with Crippen LogP contribution in [0.15, 0.2) is 60.7 Å². The molecule has 18 atom stereocenters. The first kappa shape index (κ1) is 66.5. The Hall–Kier alpha value is -2.76. The van der Waals surface area contributed by atoms with Gasteiger partial charge < -0.3 is 77.0 Å². The van der Waals surface area contributed by atoms with Gasteiger partial charge in [0.1, 0.15) is 0 Å². The number of β-amino-alcohol motifs (C(OH)–C–C–N with tert-alkyl or cyclic N) is 5. The summed E-state index contributed by atoms with van der Waals surface area (Å²) in [6.07, 6.45) is -19.4. The minimum atomic E-state index is -2.62. The molecule has 0 bridgehead atoms. The fourth-order valence-corrected chi connectivity index (χ4v) is 9.92. The van der Waals surface area contributed by atoms with Crippen LogP contribution in [0.5, 0.6) is 0 Å². The molecular formula is C51H83F8N5O11. The standard InChI is InChI=1S/C13H17F2NO2.C12H17NO3.C10H19F2NO2.2C8H15F2NO2/c14-13(15)10-7-16(8-11(17)12(10)18)6-9-4-2-1-3-5-9;14-10-7-13-6-9(12(10)16)11(15)8-4-2-1-3-5-8;1-2-3-4-13-5-7(10(11)12)9(15)8(14)6-13;2*1-2-4-6(8(9)10)7(13)5(12)3-11-4/h1-5,10-13,17-18H,6-8H2;1-5,9-16H,6-7H2;7-10,14-15H,2-6H2,1H3;2*4-8,11-13H,2-3H2,1H3/t10-,11+,12+;9-,10-,11?,12-;7-,8+,9+;4-,5+,6-,7-;4-,5-,6+,7+/m01001/s1. The molecule has 1 unspecified atom stereocenters. The number of hydrogen-bond acceptors (Lipinski definition) is 16. The summed E-state index contributed by atoms with van der Waals surface area (Å²) in [5, 5.41) is 113. The van der Waals surface area contributed by atoms with Crippen molar-refractivity contribution in [1.82, 2.24) is 25.8 Å². The summed E-state index contributed by atoms with van der Waals surface area (Å²) in [6.45, 7) is 8.84.